The second-order valence-corrected chi connectivity index (χ2v) is 15.3. The van der Waals surface area contributed by atoms with Gasteiger partial charge in [-0.1, -0.05) is 5.11 Å². The first kappa shape index (κ1) is 37.6. The van der Waals surface area contributed by atoms with E-state index in [2.05, 4.69) is 164 Å². The van der Waals surface area contributed by atoms with Crippen LogP contribution in [-0.4, -0.2) is 73.8 Å². The monoisotopic (exact) mass is 1140 g/mol. The lowest BCUT2D eigenvalue weighted by molar-refractivity contribution is 0.547. The Morgan fingerprint density at radius 1 is 0.865 bits per heavy atom. The van der Waals surface area contributed by atoms with Crippen molar-refractivity contribution in [1.29, 1.82) is 0 Å². The molecule has 0 spiro atoms. The minimum absolute atomic E-state index is 0.819. The molecule has 15 nitrogen and oxygen atoms in total. The lowest BCUT2D eigenvalue weighted by atomic mass is 10.2. The molecule has 10 heterocycles. The Kier molecular flexibility index (Phi) is 12.7. The molecule has 2 N–H and O–H groups in total. The first-order chi connectivity index (χ1) is 25.2. The van der Waals surface area contributed by atoms with Crippen molar-refractivity contribution in [1.82, 2.24) is 54.7 Å². The number of aliphatic imine (C=N–C) groups is 1. The Bertz CT molecular complexity index is 2420. The molecule has 0 saturated carbocycles. The third-order valence-corrected chi connectivity index (χ3v) is 10.6. The van der Waals surface area contributed by atoms with Crippen molar-refractivity contribution in [2.45, 2.75) is 0 Å². The largest absolute Gasteiger partial charge is 0.345 e. The molecule has 0 aromatic carbocycles. The molecular weight excluding hydrogens is 1110 g/mol. The number of fused-ring (bicyclic) bond motifs is 5. The van der Waals surface area contributed by atoms with Gasteiger partial charge in [-0.15, -0.1) is 10.2 Å². The predicted octanol–water partition coefficient (Wildman–Crippen LogP) is 7.96. The van der Waals surface area contributed by atoms with Gasteiger partial charge in [-0.05, 0) is 120 Å². The number of azo groups is 1. The molecule has 10 rings (SSSR count). The van der Waals surface area contributed by atoms with E-state index < -0.39 is 0 Å². The van der Waals surface area contributed by atoms with Gasteiger partial charge in [-0.3, -0.25) is 4.68 Å². The highest BCUT2D eigenvalue weighted by molar-refractivity contribution is 14.1. The highest BCUT2D eigenvalue weighted by Gasteiger charge is 2.30. The number of halogens is 4. The van der Waals surface area contributed by atoms with Gasteiger partial charge in [0.2, 0.25) is 18.3 Å². The third kappa shape index (κ3) is 9.06. The highest BCUT2D eigenvalue weighted by Crippen LogP contribution is 2.30. The van der Waals surface area contributed by atoms with E-state index in [1.165, 1.54) is 7.14 Å². The van der Waals surface area contributed by atoms with Crippen molar-refractivity contribution >= 4 is 136 Å². The van der Waals surface area contributed by atoms with E-state index in [1.54, 1.807) is 22.1 Å². The molecule has 0 amide bonds. The van der Waals surface area contributed by atoms with Gasteiger partial charge in [0, 0.05) is 80.7 Å². The van der Waals surface area contributed by atoms with Crippen LogP contribution >= 0.6 is 90.4 Å². The summed E-state index contributed by atoms with van der Waals surface area (Å²) in [5.74, 6) is 2.64. The van der Waals surface area contributed by atoms with Crippen LogP contribution in [0.5, 0.6) is 0 Å². The molecule has 5 aliphatic rings. The lowest BCUT2D eigenvalue weighted by Crippen LogP contribution is -2.24. The number of aromatic amines is 2. The van der Waals surface area contributed by atoms with Gasteiger partial charge in [0.05, 0.1) is 18.6 Å². The first-order valence-corrected chi connectivity index (χ1v) is 19.3. The fraction of sp³-hybridized carbons (Fsp3) is 0.0909. The molecule has 0 saturated heterocycles. The number of nitrogens with one attached hydrogen (secondary N) is 2. The highest BCUT2D eigenvalue weighted by atomic mass is 127. The summed E-state index contributed by atoms with van der Waals surface area (Å²) in [5.41, 5.74) is 5.05. The molecule has 52 heavy (non-hydrogen) atoms. The van der Waals surface area contributed by atoms with Crippen molar-refractivity contribution in [2.75, 3.05) is 7.05 Å². The molecule has 0 radical (unpaired) electrons. The number of amidine groups is 1. The van der Waals surface area contributed by atoms with Crippen molar-refractivity contribution in [3.8, 4) is 11.4 Å². The van der Waals surface area contributed by atoms with E-state index >= 15 is 0 Å². The SMILES string of the molecule is CN1N=[C+]C=C2C(I)=CN=C21.Cn1cc(I)c2c1N=N[C+]=C2.Cn1ccc2c(I)cnc-2n1.Ic1c[nH]c2nnccc12.c1cc2cc[nH]c2nn1. The lowest BCUT2D eigenvalue weighted by Gasteiger charge is -2.07. The molecule has 0 fully saturated rings. The smallest absolute Gasteiger partial charge is 0.251 e. The van der Waals surface area contributed by atoms with Crippen LogP contribution in [0.1, 0.15) is 5.56 Å². The Morgan fingerprint density at radius 2 is 1.67 bits per heavy atom. The summed E-state index contributed by atoms with van der Waals surface area (Å²) in [5, 5.41) is 34.9. The van der Waals surface area contributed by atoms with Crippen LogP contribution in [0.4, 0.5) is 5.82 Å². The zero-order valence-electron chi connectivity index (χ0n) is 27.4. The van der Waals surface area contributed by atoms with Crippen molar-refractivity contribution in [3.63, 3.8) is 0 Å². The summed E-state index contributed by atoms with van der Waals surface area (Å²) >= 11 is 9.02. The minimum Gasteiger partial charge on any atom is -0.345 e. The van der Waals surface area contributed by atoms with Crippen LogP contribution in [0.2, 0.25) is 0 Å². The second kappa shape index (κ2) is 17.6. The normalized spacial score (nSPS) is 13.1. The quantitative estimate of drug-likeness (QED) is 0.115. The first-order valence-electron chi connectivity index (χ1n) is 15.0. The second-order valence-electron chi connectivity index (χ2n) is 10.6. The van der Waals surface area contributed by atoms with Crippen molar-refractivity contribution in [2.24, 2.45) is 34.4 Å². The third-order valence-electron chi connectivity index (χ3n) is 7.13. The molecular formula is C33H25I4N15+2. The molecule has 0 aliphatic carbocycles. The molecule has 5 aromatic rings. The van der Waals surface area contributed by atoms with Gasteiger partial charge in [0.15, 0.2) is 40.4 Å². The van der Waals surface area contributed by atoms with Gasteiger partial charge in [0.25, 0.3) is 5.82 Å². The Balaban J connectivity index is 0.000000112. The number of allylic oxidation sites excluding steroid dienone is 1. The number of aryl methyl sites for hydroxylation is 2. The average Bonchev–Trinajstić information content (AvgIpc) is 4.00. The van der Waals surface area contributed by atoms with Crippen LogP contribution in [0.3, 0.4) is 0 Å². The molecule has 5 aliphatic heterocycles. The van der Waals surface area contributed by atoms with Gasteiger partial charge < -0.3 is 14.5 Å². The van der Waals surface area contributed by atoms with E-state index in [9.17, 15) is 0 Å². The molecule has 0 unspecified atom stereocenters. The Hall–Kier alpha value is -4.16. The maximum atomic E-state index is 4.20. The summed E-state index contributed by atoms with van der Waals surface area (Å²) in [6, 6.07) is 7.85. The van der Waals surface area contributed by atoms with Gasteiger partial charge >= 0.3 is 0 Å². The fourth-order valence-electron chi connectivity index (χ4n) is 4.61. The summed E-state index contributed by atoms with van der Waals surface area (Å²) in [6.07, 6.45) is 24.0. The number of hydrazone groups is 1. The maximum absolute atomic E-state index is 4.20. The summed E-state index contributed by atoms with van der Waals surface area (Å²) in [4.78, 5) is 14.3. The topological polar surface area (TPSA) is 171 Å². The number of hydrogen-bond acceptors (Lipinski definition) is 11. The van der Waals surface area contributed by atoms with E-state index in [0.29, 0.717) is 0 Å². The van der Waals surface area contributed by atoms with E-state index in [1.807, 2.05) is 99.3 Å². The van der Waals surface area contributed by atoms with Crippen LogP contribution in [0, 0.1) is 16.9 Å². The number of rotatable bonds is 0. The summed E-state index contributed by atoms with van der Waals surface area (Å²) < 4.78 is 8.38. The standard InChI is InChI=1S/C7H6IN3.2C7H5IN3.C6H4IN3.C6H5N3/c1-11-3-2-5-6(8)4-9-7(5)10-11;1-11-7-5(2-3-10-11)6(8)4-9-7;1-11-4-6(8)5-2-3-9-10-7(5)11;7-5-3-8-6-4(5)1-2-9-10-6;1-3-7-6-5(1)2-4-8-9-6/h2-4H,1H3;2*2,4H,1H3;1-3H,(H,8,10);1-4H,(H,7,9)/q;2*+1;;. The molecule has 258 valence electrons. The summed E-state index contributed by atoms with van der Waals surface area (Å²) in [6.45, 7) is 0. The Morgan fingerprint density at radius 3 is 2.44 bits per heavy atom. The number of nitrogens with zero attached hydrogens (tertiary/aromatic N) is 13. The van der Waals surface area contributed by atoms with E-state index in [0.717, 1.165) is 63.4 Å². The summed E-state index contributed by atoms with van der Waals surface area (Å²) in [7, 11) is 5.71. The molecule has 0 bridgehead atoms. The van der Waals surface area contributed by atoms with Gasteiger partial charge in [-0.25, -0.2) is 15.0 Å². The molecule has 5 aromatic heterocycles. The van der Waals surface area contributed by atoms with Crippen molar-refractivity contribution < 1.29 is 0 Å². The van der Waals surface area contributed by atoms with Crippen LogP contribution in [-0.2, 0) is 14.1 Å². The van der Waals surface area contributed by atoms with Gasteiger partial charge in [-0.2, -0.15) is 15.3 Å². The number of aromatic nitrogens is 10. The van der Waals surface area contributed by atoms with E-state index in [-0.39, 0.29) is 0 Å². The Labute approximate surface area is 351 Å². The fourth-order valence-corrected chi connectivity index (χ4v) is 7.11. The minimum atomic E-state index is 0.819. The van der Waals surface area contributed by atoms with Crippen LogP contribution in [0.25, 0.3) is 39.5 Å². The van der Waals surface area contributed by atoms with E-state index in [4.69, 9.17) is 0 Å². The zero-order chi connectivity index (χ0) is 36.6. The predicted molar refractivity (Wildman–Crippen MR) is 234 cm³/mol. The zero-order valence-corrected chi connectivity index (χ0v) is 36.0. The average molecular weight is 1140 g/mol. The number of likely N-dealkylation sites (N-methyl/N-ethyl adjacent to an activating group) is 1. The maximum Gasteiger partial charge on any atom is 0.251 e. The number of H-pyrrole nitrogens is 2. The molecule has 0 atom stereocenters. The van der Waals surface area contributed by atoms with Crippen LogP contribution < -0.4 is 0 Å². The van der Waals surface area contributed by atoms with Gasteiger partial charge in [0.1, 0.15) is 7.15 Å². The van der Waals surface area contributed by atoms with Crippen LogP contribution in [0.15, 0.2) is 109 Å². The molecule has 19 heteroatoms. The van der Waals surface area contributed by atoms with Crippen molar-refractivity contribution in [3.05, 3.63) is 112 Å². The number of hydrogen-bond donors (Lipinski definition) is 2.